The van der Waals surface area contributed by atoms with Gasteiger partial charge in [0.05, 0.1) is 6.04 Å². The molecule has 1 atom stereocenters. The fraction of sp³-hybridized carbons (Fsp3) is 0.267. The van der Waals surface area contributed by atoms with Gasteiger partial charge < -0.3 is 10.4 Å². The highest BCUT2D eigenvalue weighted by Gasteiger charge is 2.16. The number of carbonyl (C=O) groups is 1. The summed E-state index contributed by atoms with van der Waals surface area (Å²) in [6, 6.07) is 11.0. The van der Waals surface area contributed by atoms with E-state index in [9.17, 15) is 4.79 Å². The molecule has 1 unspecified atom stereocenters. The van der Waals surface area contributed by atoms with E-state index < -0.39 is 0 Å². The molecule has 0 fully saturated rings. The fourth-order valence-corrected chi connectivity index (χ4v) is 1.95. The highest BCUT2D eigenvalue weighted by atomic mass is 16.3. The summed E-state index contributed by atoms with van der Waals surface area (Å²) < 4.78 is 0. The van der Waals surface area contributed by atoms with E-state index in [0.29, 0.717) is 12.1 Å². The predicted molar refractivity (Wildman–Crippen MR) is 75.1 cm³/mol. The maximum Gasteiger partial charge on any atom is 0.270 e. The van der Waals surface area contributed by atoms with Gasteiger partial charge in [-0.2, -0.15) is 0 Å². The normalized spacial score (nSPS) is 11.9. The molecule has 104 valence electrons. The number of aromatic nitrogens is 2. The first-order valence-corrected chi connectivity index (χ1v) is 6.46. The zero-order chi connectivity index (χ0) is 14.4. The molecule has 0 aliphatic carbocycles. The molecule has 0 saturated heterocycles. The molecule has 0 radical (unpaired) electrons. The molecule has 2 aromatic rings. The first kappa shape index (κ1) is 14.1. The Balaban J connectivity index is 2.14. The third kappa shape index (κ3) is 3.61. The minimum absolute atomic E-state index is 0.00262. The molecule has 0 saturated carbocycles. The minimum atomic E-state index is -0.266. The molecular formula is C15H17N3O2. The average molecular weight is 271 g/mol. The van der Waals surface area contributed by atoms with Crippen LogP contribution in [0.3, 0.4) is 0 Å². The van der Waals surface area contributed by atoms with E-state index in [2.05, 4.69) is 15.3 Å². The Bertz CT molecular complexity index is 572. The topological polar surface area (TPSA) is 75.1 Å². The summed E-state index contributed by atoms with van der Waals surface area (Å²) in [5.41, 5.74) is 2.03. The maximum absolute atomic E-state index is 12.2. The molecule has 5 heteroatoms. The molecule has 0 bridgehead atoms. The van der Waals surface area contributed by atoms with Gasteiger partial charge in [-0.1, -0.05) is 30.3 Å². The first-order chi connectivity index (χ1) is 9.70. The minimum Gasteiger partial charge on any atom is -0.396 e. The van der Waals surface area contributed by atoms with Crippen molar-refractivity contribution >= 4 is 5.91 Å². The highest BCUT2D eigenvalue weighted by Crippen LogP contribution is 2.16. The van der Waals surface area contributed by atoms with Gasteiger partial charge in [0.25, 0.3) is 5.91 Å². The van der Waals surface area contributed by atoms with Crippen molar-refractivity contribution < 1.29 is 9.90 Å². The van der Waals surface area contributed by atoms with E-state index in [-0.39, 0.29) is 18.6 Å². The second-order valence-corrected chi connectivity index (χ2v) is 4.49. The van der Waals surface area contributed by atoms with Crippen molar-refractivity contribution in [2.45, 2.75) is 19.4 Å². The number of nitrogens with zero attached hydrogens (tertiary/aromatic N) is 2. The van der Waals surface area contributed by atoms with Gasteiger partial charge in [0, 0.05) is 12.3 Å². The van der Waals surface area contributed by atoms with Crippen LogP contribution < -0.4 is 5.32 Å². The summed E-state index contributed by atoms with van der Waals surface area (Å²) in [6.07, 6.45) is 1.83. The van der Waals surface area contributed by atoms with Gasteiger partial charge in [0.1, 0.15) is 12.0 Å². The van der Waals surface area contributed by atoms with Crippen LogP contribution in [0.1, 0.15) is 34.2 Å². The van der Waals surface area contributed by atoms with Crippen LogP contribution in [0.15, 0.2) is 42.7 Å². The molecule has 5 nitrogen and oxygen atoms in total. The molecule has 0 aliphatic rings. The highest BCUT2D eigenvalue weighted by molar-refractivity contribution is 5.92. The molecule has 2 rings (SSSR count). The Hall–Kier alpha value is -2.27. The lowest BCUT2D eigenvalue weighted by Crippen LogP contribution is -2.30. The Labute approximate surface area is 117 Å². The molecule has 2 N–H and O–H groups in total. The summed E-state index contributed by atoms with van der Waals surface area (Å²) in [6.45, 7) is 1.81. The number of aliphatic hydroxyl groups excluding tert-OH is 1. The number of amides is 1. The van der Waals surface area contributed by atoms with Crippen molar-refractivity contribution in [2.75, 3.05) is 6.61 Å². The van der Waals surface area contributed by atoms with Crippen LogP contribution in [0.5, 0.6) is 0 Å². The van der Waals surface area contributed by atoms with Crippen LogP contribution in [-0.4, -0.2) is 27.6 Å². The molecule has 0 aliphatic heterocycles. The van der Waals surface area contributed by atoms with Gasteiger partial charge in [-0.15, -0.1) is 0 Å². The lowest BCUT2D eigenvalue weighted by molar-refractivity contribution is 0.0924. The Kier molecular flexibility index (Phi) is 4.79. The van der Waals surface area contributed by atoms with Crippen molar-refractivity contribution in [3.63, 3.8) is 0 Å². The summed E-state index contributed by atoms with van der Waals surface area (Å²) in [5.74, 6) is -0.266. The first-order valence-electron chi connectivity index (χ1n) is 6.46. The van der Waals surface area contributed by atoms with Gasteiger partial charge in [-0.05, 0) is 25.0 Å². The summed E-state index contributed by atoms with van der Waals surface area (Å²) in [7, 11) is 0. The van der Waals surface area contributed by atoms with E-state index in [4.69, 9.17) is 5.11 Å². The standard InChI is InChI=1S/C15H17N3O2/c1-11-9-14(17-10-16-11)15(20)18-13(7-8-19)12-5-3-2-4-6-12/h2-6,9-10,13,19H,7-8H2,1H3,(H,18,20). The van der Waals surface area contributed by atoms with Crippen LogP contribution in [0, 0.1) is 6.92 Å². The Morgan fingerprint density at radius 1 is 1.30 bits per heavy atom. The number of carbonyl (C=O) groups excluding carboxylic acids is 1. The van der Waals surface area contributed by atoms with Crippen LogP contribution in [0.4, 0.5) is 0 Å². The second-order valence-electron chi connectivity index (χ2n) is 4.49. The number of hydrogen-bond acceptors (Lipinski definition) is 4. The summed E-state index contributed by atoms with van der Waals surface area (Å²) in [5, 5.41) is 12.0. The van der Waals surface area contributed by atoms with Gasteiger partial charge >= 0.3 is 0 Å². The smallest absolute Gasteiger partial charge is 0.270 e. The van der Waals surface area contributed by atoms with Crippen molar-refractivity contribution in [1.82, 2.24) is 15.3 Å². The number of benzene rings is 1. The molecular weight excluding hydrogens is 254 g/mol. The van der Waals surface area contributed by atoms with Gasteiger partial charge in [-0.25, -0.2) is 9.97 Å². The molecule has 20 heavy (non-hydrogen) atoms. The second kappa shape index (κ2) is 6.77. The van der Waals surface area contributed by atoms with Gasteiger partial charge in [0.2, 0.25) is 0 Å². The lowest BCUT2D eigenvalue weighted by Gasteiger charge is -2.18. The van der Waals surface area contributed by atoms with E-state index in [1.54, 1.807) is 13.0 Å². The maximum atomic E-state index is 12.2. The molecule has 1 amide bonds. The van der Waals surface area contributed by atoms with Crippen LogP contribution in [0.25, 0.3) is 0 Å². The Morgan fingerprint density at radius 3 is 2.70 bits per heavy atom. The zero-order valence-corrected chi connectivity index (χ0v) is 11.3. The van der Waals surface area contributed by atoms with Crippen LogP contribution >= 0.6 is 0 Å². The number of hydrogen-bond donors (Lipinski definition) is 2. The SMILES string of the molecule is Cc1cc(C(=O)NC(CCO)c2ccccc2)ncn1. The van der Waals surface area contributed by atoms with Gasteiger partial charge in [-0.3, -0.25) is 4.79 Å². The quantitative estimate of drug-likeness (QED) is 0.867. The monoisotopic (exact) mass is 271 g/mol. The zero-order valence-electron chi connectivity index (χ0n) is 11.3. The Morgan fingerprint density at radius 2 is 2.05 bits per heavy atom. The van der Waals surface area contributed by atoms with Crippen molar-refractivity contribution in [2.24, 2.45) is 0 Å². The fourth-order valence-electron chi connectivity index (χ4n) is 1.95. The lowest BCUT2D eigenvalue weighted by atomic mass is 10.0. The van der Waals surface area contributed by atoms with E-state index >= 15 is 0 Å². The van der Waals surface area contributed by atoms with Gasteiger partial charge in [0.15, 0.2) is 0 Å². The van der Waals surface area contributed by atoms with Crippen LogP contribution in [-0.2, 0) is 0 Å². The van der Waals surface area contributed by atoms with E-state index in [0.717, 1.165) is 11.3 Å². The van der Waals surface area contributed by atoms with Crippen LogP contribution in [0.2, 0.25) is 0 Å². The number of nitrogens with one attached hydrogen (secondary N) is 1. The predicted octanol–water partition coefficient (Wildman–Crippen LogP) is 1.64. The molecule has 1 aromatic heterocycles. The summed E-state index contributed by atoms with van der Waals surface area (Å²) >= 11 is 0. The largest absolute Gasteiger partial charge is 0.396 e. The average Bonchev–Trinajstić information content (AvgIpc) is 2.47. The molecule has 1 heterocycles. The van der Waals surface area contributed by atoms with E-state index in [1.165, 1.54) is 6.33 Å². The van der Waals surface area contributed by atoms with Crippen molar-refractivity contribution in [3.05, 3.63) is 59.7 Å². The number of aliphatic hydroxyl groups is 1. The van der Waals surface area contributed by atoms with E-state index in [1.807, 2.05) is 30.3 Å². The van der Waals surface area contributed by atoms with Crippen molar-refractivity contribution in [1.29, 1.82) is 0 Å². The van der Waals surface area contributed by atoms with Crippen molar-refractivity contribution in [3.8, 4) is 0 Å². The third-order valence-corrected chi connectivity index (χ3v) is 2.96. The summed E-state index contributed by atoms with van der Waals surface area (Å²) in [4.78, 5) is 20.1. The number of rotatable bonds is 5. The molecule has 1 aromatic carbocycles. The number of aryl methyl sites for hydroxylation is 1. The molecule has 0 spiro atoms. The third-order valence-electron chi connectivity index (χ3n) is 2.96.